The Morgan fingerprint density at radius 1 is 0.743 bits per heavy atom. The quantitative estimate of drug-likeness (QED) is 0.252. The number of benzene rings is 4. The van der Waals surface area contributed by atoms with Crippen molar-refractivity contribution in [3.63, 3.8) is 0 Å². The van der Waals surface area contributed by atoms with E-state index in [1.165, 1.54) is 17.0 Å². The van der Waals surface area contributed by atoms with Crippen LogP contribution in [-0.4, -0.2) is 28.5 Å². The van der Waals surface area contributed by atoms with Gasteiger partial charge in [-0.15, -0.1) is 0 Å². The van der Waals surface area contributed by atoms with E-state index in [0.717, 1.165) is 10.8 Å². The zero-order valence-electron chi connectivity index (χ0n) is 18.3. The van der Waals surface area contributed by atoms with Crippen LogP contribution in [0, 0.1) is 16.0 Å². The summed E-state index contributed by atoms with van der Waals surface area (Å²) in [4.78, 5) is 39.4. The van der Waals surface area contributed by atoms with Gasteiger partial charge in [-0.2, -0.15) is 5.10 Å². The first-order chi connectivity index (χ1) is 17.0. The molecule has 170 valence electrons. The van der Waals surface area contributed by atoms with Crippen molar-refractivity contribution in [1.82, 2.24) is 0 Å². The number of hydrogen-bond donors (Lipinski definition) is 0. The standard InChI is InChI=1S/C27H18N4O4/c32-26-23-24(18-11-13-21(14-12-18)31(34)35)28-30(20-8-2-1-3-9-20)25(23)27(33)29(26)22-15-10-17-6-4-5-7-19(17)16-22/h1-16,23,25H/t23-,25-/m1/s1. The SMILES string of the molecule is O=C1[C@@H]2C(c3ccc([N+](=O)[O-])cc3)=NN(c3ccccc3)[C@H]2C(=O)N1c1ccc2ccccc2c1. The van der Waals surface area contributed by atoms with Crippen molar-refractivity contribution in [3.8, 4) is 0 Å². The highest BCUT2D eigenvalue weighted by molar-refractivity contribution is 6.34. The number of rotatable bonds is 4. The number of nitro groups is 1. The van der Waals surface area contributed by atoms with Gasteiger partial charge in [0.15, 0.2) is 0 Å². The summed E-state index contributed by atoms with van der Waals surface area (Å²) in [6, 6.07) is 27.5. The van der Waals surface area contributed by atoms with Gasteiger partial charge in [0.1, 0.15) is 12.0 Å². The molecule has 8 heteroatoms. The topological polar surface area (TPSA) is 96.1 Å². The molecule has 0 spiro atoms. The summed E-state index contributed by atoms with van der Waals surface area (Å²) in [6.45, 7) is 0. The summed E-state index contributed by atoms with van der Waals surface area (Å²) >= 11 is 0. The molecule has 2 aliphatic heterocycles. The minimum atomic E-state index is -0.846. The molecular formula is C27H18N4O4. The smallest absolute Gasteiger partial charge is 0.269 e. The number of hydrogen-bond acceptors (Lipinski definition) is 6. The molecule has 0 saturated carbocycles. The predicted molar refractivity (Wildman–Crippen MR) is 132 cm³/mol. The summed E-state index contributed by atoms with van der Waals surface area (Å²) in [7, 11) is 0. The fraction of sp³-hybridized carbons (Fsp3) is 0.0741. The Bertz CT molecular complexity index is 1530. The lowest BCUT2D eigenvalue weighted by Gasteiger charge is -2.22. The lowest BCUT2D eigenvalue weighted by atomic mass is 9.92. The largest absolute Gasteiger partial charge is 0.273 e. The van der Waals surface area contributed by atoms with Crippen LogP contribution in [0.25, 0.3) is 10.8 Å². The third-order valence-electron chi connectivity index (χ3n) is 6.43. The van der Waals surface area contributed by atoms with Crippen LogP contribution in [-0.2, 0) is 9.59 Å². The molecule has 0 aromatic heterocycles. The normalized spacial score (nSPS) is 19.3. The van der Waals surface area contributed by atoms with E-state index in [1.54, 1.807) is 23.2 Å². The van der Waals surface area contributed by atoms with Crippen LogP contribution < -0.4 is 9.91 Å². The zero-order valence-corrected chi connectivity index (χ0v) is 18.3. The third kappa shape index (κ3) is 3.26. The maximum Gasteiger partial charge on any atom is 0.269 e. The van der Waals surface area contributed by atoms with E-state index in [9.17, 15) is 19.7 Å². The fourth-order valence-corrected chi connectivity index (χ4v) is 4.77. The van der Waals surface area contributed by atoms with Crippen LogP contribution in [0.3, 0.4) is 0 Å². The number of non-ortho nitro benzene ring substituents is 1. The maximum absolute atomic E-state index is 13.8. The second kappa shape index (κ2) is 7.88. The Morgan fingerprint density at radius 2 is 1.43 bits per heavy atom. The minimum Gasteiger partial charge on any atom is -0.273 e. The summed E-state index contributed by atoms with van der Waals surface area (Å²) in [6.07, 6.45) is 0. The van der Waals surface area contributed by atoms with Crippen LogP contribution in [0.4, 0.5) is 17.1 Å². The van der Waals surface area contributed by atoms with E-state index in [1.807, 2.05) is 66.7 Å². The monoisotopic (exact) mass is 462 g/mol. The van der Waals surface area contributed by atoms with Gasteiger partial charge in [-0.05, 0) is 52.7 Å². The fourth-order valence-electron chi connectivity index (χ4n) is 4.77. The average molecular weight is 462 g/mol. The van der Waals surface area contributed by atoms with E-state index in [4.69, 9.17) is 0 Å². The second-order valence-electron chi connectivity index (χ2n) is 8.44. The van der Waals surface area contributed by atoms with Crippen molar-refractivity contribution in [3.05, 3.63) is 113 Å². The van der Waals surface area contributed by atoms with E-state index in [0.29, 0.717) is 22.6 Å². The van der Waals surface area contributed by atoms with Crippen LogP contribution in [0.5, 0.6) is 0 Å². The number of anilines is 2. The van der Waals surface area contributed by atoms with E-state index < -0.39 is 16.9 Å². The molecule has 1 saturated heterocycles. The number of carbonyl (C=O) groups is 2. The van der Waals surface area contributed by atoms with Gasteiger partial charge in [-0.25, -0.2) is 4.90 Å². The number of nitro benzene ring substituents is 1. The number of carbonyl (C=O) groups excluding carboxylic acids is 2. The van der Waals surface area contributed by atoms with Crippen molar-refractivity contribution in [2.45, 2.75) is 6.04 Å². The Hall–Kier alpha value is -4.85. The van der Waals surface area contributed by atoms with Crippen LogP contribution in [0.15, 0.2) is 102 Å². The molecule has 2 atom stereocenters. The molecule has 6 rings (SSSR count). The molecule has 35 heavy (non-hydrogen) atoms. The van der Waals surface area contributed by atoms with Crippen molar-refractivity contribution in [2.24, 2.45) is 11.0 Å². The first-order valence-electron chi connectivity index (χ1n) is 11.1. The zero-order chi connectivity index (χ0) is 24.1. The average Bonchev–Trinajstić information content (AvgIpc) is 3.41. The molecule has 1 fully saturated rings. The third-order valence-corrected chi connectivity index (χ3v) is 6.43. The molecule has 0 radical (unpaired) electrons. The van der Waals surface area contributed by atoms with Gasteiger partial charge in [-0.1, -0.05) is 48.5 Å². The minimum absolute atomic E-state index is 0.0598. The van der Waals surface area contributed by atoms with E-state index >= 15 is 0 Å². The molecule has 0 unspecified atom stereocenters. The molecule has 0 aliphatic carbocycles. The van der Waals surface area contributed by atoms with Gasteiger partial charge in [0, 0.05) is 12.1 Å². The van der Waals surface area contributed by atoms with E-state index in [2.05, 4.69) is 5.10 Å². The molecule has 2 heterocycles. The van der Waals surface area contributed by atoms with Crippen LogP contribution in [0.2, 0.25) is 0 Å². The van der Waals surface area contributed by atoms with Gasteiger partial charge >= 0.3 is 0 Å². The molecule has 2 aliphatic rings. The number of para-hydroxylation sites is 1. The van der Waals surface area contributed by atoms with Crippen LogP contribution in [0.1, 0.15) is 5.56 Å². The van der Waals surface area contributed by atoms with Gasteiger partial charge in [-0.3, -0.25) is 24.7 Å². The number of fused-ring (bicyclic) bond motifs is 2. The van der Waals surface area contributed by atoms with Gasteiger partial charge in [0.05, 0.1) is 22.0 Å². The molecular weight excluding hydrogens is 444 g/mol. The Balaban J connectivity index is 1.46. The Labute approximate surface area is 199 Å². The number of hydrazone groups is 1. The second-order valence-corrected chi connectivity index (χ2v) is 8.44. The van der Waals surface area contributed by atoms with Gasteiger partial charge in [0.25, 0.3) is 11.6 Å². The maximum atomic E-state index is 13.8. The first-order valence-corrected chi connectivity index (χ1v) is 11.1. The van der Waals surface area contributed by atoms with Crippen molar-refractivity contribution < 1.29 is 14.5 Å². The van der Waals surface area contributed by atoms with Gasteiger partial charge < -0.3 is 0 Å². The molecule has 4 aromatic carbocycles. The molecule has 0 N–H and O–H groups in total. The summed E-state index contributed by atoms with van der Waals surface area (Å²) < 4.78 is 0. The summed E-state index contributed by atoms with van der Waals surface area (Å²) in [5, 5.41) is 19.3. The molecule has 2 amide bonds. The highest BCUT2D eigenvalue weighted by atomic mass is 16.6. The number of imide groups is 1. The summed E-state index contributed by atoms with van der Waals surface area (Å²) in [5.74, 6) is -1.57. The Kier molecular flexibility index (Phi) is 4.67. The highest BCUT2D eigenvalue weighted by Crippen LogP contribution is 2.40. The molecule has 0 bridgehead atoms. The van der Waals surface area contributed by atoms with Crippen molar-refractivity contribution in [2.75, 3.05) is 9.91 Å². The predicted octanol–water partition coefficient (Wildman–Crippen LogP) is 4.53. The molecule has 8 nitrogen and oxygen atoms in total. The van der Waals surface area contributed by atoms with Gasteiger partial charge in [0.2, 0.25) is 5.91 Å². The lowest BCUT2D eigenvalue weighted by molar-refractivity contribution is -0.384. The first kappa shape index (κ1) is 20.7. The number of nitrogens with zero attached hydrogens (tertiary/aromatic N) is 4. The lowest BCUT2D eigenvalue weighted by Crippen LogP contribution is -2.39. The molecule has 4 aromatic rings. The van der Waals surface area contributed by atoms with Crippen molar-refractivity contribution in [1.29, 1.82) is 0 Å². The van der Waals surface area contributed by atoms with Crippen LogP contribution >= 0.6 is 0 Å². The highest BCUT2D eigenvalue weighted by Gasteiger charge is 2.57. The Morgan fingerprint density at radius 3 is 2.14 bits per heavy atom. The number of amides is 2. The summed E-state index contributed by atoms with van der Waals surface area (Å²) in [5.41, 5.74) is 2.10. The van der Waals surface area contributed by atoms with E-state index in [-0.39, 0.29) is 17.5 Å². The van der Waals surface area contributed by atoms with Crippen molar-refractivity contribution >= 4 is 45.4 Å².